The Hall–Kier alpha value is -4.35. The second-order valence-electron chi connectivity index (χ2n) is 11.9. The third-order valence-corrected chi connectivity index (χ3v) is 8.62. The number of fused-ring (bicyclic) bond motifs is 1. The summed E-state index contributed by atoms with van der Waals surface area (Å²) in [6.45, 7) is 13.5. The number of pyridine rings is 1. The zero-order valence-corrected chi connectivity index (χ0v) is 23.5. The van der Waals surface area contributed by atoms with E-state index in [1.807, 2.05) is 40.8 Å². The molecule has 206 valence electrons. The van der Waals surface area contributed by atoms with Crippen molar-refractivity contribution in [1.29, 1.82) is 0 Å². The number of aromatic nitrogens is 4. The maximum absolute atomic E-state index is 13.8. The smallest absolute Gasteiger partial charge is 0.260 e. The van der Waals surface area contributed by atoms with Crippen LogP contribution < -0.4 is 4.90 Å². The first-order valence-electron chi connectivity index (χ1n) is 14.5. The van der Waals surface area contributed by atoms with Crippen LogP contribution in [0.3, 0.4) is 0 Å². The van der Waals surface area contributed by atoms with Crippen molar-refractivity contribution in [3.8, 4) is 22.5 Å². The van der Waals surface area contributed by atoms with Crippen molar-refractivity contribution in [3.05, 3.63) is 88.7 Å². The second-order valence-corrected chi connectivity index (χ2v) is 11.9. The molecule has 1 saturated carbocycles. The largest absolute Gasteiger partial charge is 0.317 e. The van der Waals surface area contributed by atoms with Gasteiger partial charge in [0.1, 0.15) is 12.1 Å². The molecular formula is C33H33N7O. The monoisotopic (exact) mass is 543 g/mol. The minimum atomic E-state index is 0.0112. The Morgan fingerprint density at radius 3 is 2.66 bits per heavy atom. The Labute approximate surface area is 240 Å². The fourth-order valence-electron chi connectivity index (χ4n) is 6.30. The number of carbonyl (C=O) groups is 1. The molecule has 41 heavy (non-hydrogen) atoms. The fourth-order valence-corrected chi connectivity index (χ4v) is 6.30. The van der Waals surface area contributed by atoms with E-state index in [1.165, 1.54) is 18.4 Å². The lowest BCUT2D eigenvalue weighted by Crippen LogP contribution is -2.33. The van der Waals surface area contributed by atoms with Gasteiger partial charge < -0.3 is 4.57 Å². The van der Waals surface area contributed by atoms with Crippen LogP contribution in [-0.2, 0) is 20.1 Å². The van der Waals surface area contributed by atoms with Crippen LogP contribution in [0.5, 0.6) is 0 Å². The summed E-state index contributed by atoms with van der Waals surface area (Å²) in [5.41, 5.74) is 7.34. The number of hydrogen-bond donors (Lipinski definition) is 0. The number of piperidine rings is 1. The van der Waals surface area contributed by atoms with E-state index in [0.717, 1.165) is 71.9 Å². The highest BCUT2D eigenvalue weighted by atomic mass is 16.2. The average Bonchev–Trinajstić information content (AvgIpc) is 3.67. The minimum absolute atomic E-state index is 0.0112. The number of benzene rings is 2. The van der Waals surface area contributed by atoms with E-state index >= 15 is 0 Å². The van der Waals surface area contributed by atoms with Gasteiger partial charge in [0.25, 0.3) is 5.91 Å². The van der Waals surface area contributed by atoms with Crippen molar-refractivity contribution in [2.24, 2.45) is 13.0 Å². The van der Waals surface area contributed by atoms with Gasteiger partial charge in [-0.2, -0.15) is 0 Å². The lowest BCUT2D eigenvalue weighted by atomic mass is 9.97. The molecule has 1 amide bonds. The number of anilines is 1. The zero-order valence-electron chi connectivity index (χ0n) is 23.5. The summed E-state index contributed by atoms with van der Waals surface area (Å²) < 4.78 is 1.86. The van der Waals surface area contributed by atoms with Crippen molar-refractivity contribution in [3.63, 3.8) is 0 Å². The van der Waals surface area contributed by atoms with Gasteiger partial charge in [-0.05, 0) is 84.7 Å². The highest BCUT2D eigenvalue weighted by Crippen LogP contribution is 2.43. The SMILES string of the molecule is [C-]#[N+]c1ccc(-c2cc(C3CC3)nc(N3Cc4ccc(CN5CCC[C@H](C)C5)cc4C3=O)c2)c(-c2nncn2C)c1. The topological polar surface area (TPSA) is 71.5 Å². The van der Waals surface area contributed by atoms with E-state index in [2.05, 4.69) is 51.1 Å². The lowest BCUT2D eigenvalue weighted by molar-refractivity contribution is 0.0995. The first-order chi connectivity index (χ1) is 20.0. The predicted octanol–water partition coefficient (Wildman–Crippen LogP) is 6.36. The number of amides is 1. The Bertz CT molecular complexity index is 1700. The van der Waals surface area contributed by atoms with E-state index in [4.69, 9.17) is 11.6 Å². The van der Waals surface area contributed by atoms with Gasteiger partial charge in [0.2, 0.25) is 0 Å². The number of carbonyl (C=O) groups excluding carboxylic acids is 1. The summed E-state index contributed by atoms with van der Waals surface area (Å²) in [6, 6.07) is 16.2. The molecule has 8 nitrogen and oxygen atoms in total. The van der Waals surface area contributed by atoms with Crippen LogP contribution in [0.25, 0.3) is 27.4 Å². The van der Waals surface area contributed by atoms with Gasteiger partial charge >= 0.3 is 0 Å². The molecule has 0 spiro atoms. The van der Waals surface area contributed by atoms with Gasteiger partial charge in [-0.15, -0.1) is 10.2 Å². The molecule has 3 aliphatic rings. The van der Waals surface area contributed by atoms with Crippen molar-refractivity contribution in [2.45, 2.75) is 51.6 Å². The molecule has 1 aliphatic carbocycles. The highest BCUT2D eigenvalue weighted by molar-refractivity contribution is 6.10. The van der Waals surface area contributed by atoms with E-state index in [-0.39, 0.29) is 5.91 Å². The molecule has 0 bridgehead atoms. The number of rotatable bonds is 6. The molecule has 7 rings (SSSR count). The average molecular weight is 544 g/mol. The van der Waals surface area contributed by atoms with Crippen molar-refractivity contribution in [2.75, 3.05) is 18.0 Å². The molecule has 2 fully saturated rings. The molecule has 0 N–H and O–H groups in total. The van der Waals surface area contributed by atoms with E-state index < -0.39 is 0 Å². The molecule has 8 heteroatoms. The quantitative estimate of drug-likeness (QED) is 0.265. The van der Waals surface area contributed by atoms with E-state index in [0.29, 0.717) is 29.8 Å². The Kier molecular flexibility index (Phi) is 6.40. The van der Waals surface area contributed by atoms with Crippen LogP contribution in [0, 0.1) is 12.5 Å². The van der Waals surface area contributed by atoms with Crippen LogP contribution in [0.15, 0.2) is 54.9 Å². The van der Waals surface area contributed by atoms with Crippen molar-refractivity contribution >= 4 is 17.4 Å². The molecule has 1 saturated heterocycles. The molecule has 4 aromatic rings. The summed E-state index contributed by atoms with van der Waals surface area (Å²) >= 11 is 0. The van der Waals surface area contributed by atoms with Crippen molar-refractivity contribution in [1.82, 2.24) is 24.6 Å². The van der Waals surface area contributed by atoms with Crippen LogP contribution in [0.2, 0.25) is 0 Å². The van der Waals surface area contributed by atoms with Gasteiger partial charge in [-0.3, -0.25) is 14.6 Å². The Morgan fingerprint density at radius 1 is 1.02 bits per heavy atom. The van der Waals surface area contributed by atoms with Gasteiger partial charge in [0, 0.05) is 42.9 Å². The van der Waals surface area contributed by atoms with Crippen LogP contribution in [0.1, 0.15) is 65.7 Å². The summed E-state index contributed by atoms with van der Waals surface area (Å²) in [4.78, 5) is 26.8. The van der Waals surface area contributed by atoms with Crippen LogP contribution in [-0.4, -0.2) is 43.6 Å². The van der Waals surface area contributed by atoms with E-state index in [9.17, 15) is 4.79 Å². The highest BCUT2D eigenvalue weighted by Gasteiger charge is 2.33. The van der Waals surface area contributed by atoms with Crippen LogP contribution in [0.4, 0.5) is 11.5 Å². The third kappa shape index (κ3) is 4.91. The first-order valence-corrected chi connectivity index (χ1v) is 14.5. The molecule has 0 unspecified atom stereocenters. The maximum Gasteiger partial charge on any atom is 0.260 e. The van der Waals surface area contributed by atoms with Gasteiger partial charge in [0.05, 0.1) is 13.1 Å². The molecule has 2 aliphatic heterocycles. The number of aryl methyl sites for hydroxylation is 1. The summed E-state index contributed by atoms with van der Waals surface area (Å²) in [7, 11) is 1.90. The van der Waals surface area contributed by atoms with Gasteiger partial charge in [-0.1, -0.05) is 31.2 Å². The summed E-state index contributed by atoms with van der Waals surface area (Å²) in [5, 5.41) is 8.41. The molecule has 1 atom stereocenters. The first kappa shape index (κ1) is 25.6. The molecule has 0 radical (unpaired) electrons. The molecule has 2 aromatic carbocycles. The van der Waals surface area contributed by atoms with E-state index in [1.54, 1.807) is 6.33 Å². The summed E-state index contributed by atoms with van der Waals surface area (Å²) in [6.07, 6.45) is 6.41. The van der Waals surface area contributed by atoms with Crippen molar-refractivity contribution < 1.29 is 4.79 Å². The van der Waals surface area contributed by atoms with Gasteiger partial charge in [-0.25, -0.2) is 9.83 Å². The lowest BCUT2D eigenvalue weighted by Gasteiger charge is -2.30. The maximum atomic E-state index is 13.8. The number of likely N-dealkylation sites (tertiary alicyclic amines) is 1. The summed E-state index contributed by atoms with van der Waals surface area (Å²) in [5.74, 6) is 2.51. The fraction of sp³-hybridized carbons (Fsp3) is 0.364. The third-order valence-electron chi connectivity index (χ3n) is 8.62. The minimum Gasteiger partial charge on any atom is -0.317 e. The molecule has 4 heterocycles. The Balaban J connectivity index is 1.24. The zero-order chi connectivity index (χ0) is 28.1. The standard InChI is InChI=1S/C33H33N7O/c1-21-5-4-12-39(17-21)18-22-6-7-24-19-40(33(41)28(24)13-22)31-15-25(14-30(36-31)23-8-9-23)27-11-10-26(34-2)16-29(27)32-37-35-20-38(32)3/h6-7,10-11,13-16,20-21,23H,4-5,8-9,12,17-19H2,1,3H3/t21-/m0/s1. The Morgan fingerprint density at radius 2 is 1.90 bits per heavy atom. The molecular weight excluding hydrogens is 510 g/mol. The predicted molar refractivity (Wildman–Crippen MR) is 159 cm³/mol. The second kappa shape index (κ2) is 10.2. The number of hydrogen-bond acceptors (Lipinski definition) is 5. The normalized spacial score (nSPS) is 18.9. The molecule has 2 aromatic heterocycles. The van der Waals surface area contributed by atoms with Crippen LogP contribution >= 0.6 is 0 Å². The van der Waals surface area contributed by atoms with Gasteiger partial charge in [0.15, 0.2) is 11.5 Å². The number of nitrogens with zero attached hydrogens (tertiary/aromatic N) is 7.